The summed E-state index contributed by atoms with van der Waals surface area (Å²) in [5.41, 5.74) is 6.73. The van der Waals surface area contributed by atoms with Crippen LogP contribution in [0.4, 0.5) is 24.7 Å². The number of alkyl halides is 3. The normalized spacial score (nSPS) is 12.3. The molecular weight excluding hydrogens is 431 g/mol. The number of nitrogens with two attached hydrogens (primary N) is 1. The third-order valence-corrected chi connectivity index (χ3v) is 4.79. The number of halogens is 4. The maximum Gasteiger partial charge on any atom is 0.416 e. The summed E-state index contributed by atoms with van der Waals surface area (Å²) in [7, 11) is 0. The van der Waals surface area contributed by atoms with Crippen LogP contribution in [-0.4, -0.2) is 10.9 Å². The highest BCUT2D eigenvalue weighted by Gasteiger charge is 2.31. The molecule has 1 amide bonds. The molecule has 162 valence electrons. The molecule has 0 aliphatic heterocycles. The van der Waals surface area contributed by atoms with Crippen molar-refractivity contribution in [1.82, 2.24) is 4.98 Å². The van der Waals surface area contributed by atoms with Gasteiger partial charge in [-0.3, -0.25) is 4.79 Å². The summed E-state index contributed by atoms with van der Waals surface area (Å²) >= 11 is 5.93. The van der Waals surface area contributed by atoms with E-state index in [1.54, 1.807) is 32.0 Å². The lowest BCUT2D eigenvalue weighted by Crippen LogP contribution is -2.15. The highest BCUT2D eigenvalue weighted by molar-refractivity contribution is 6.30. The van der Waals surface area contributed by atoms with Gasteiger partial charge in [-0.2, -0.15) is 13.2 Å². The number of nitrogens with zero attached hydrogens (tertiary/aromatic N) is 1. The van der Waals surface area contributed by atoms with E-state index in [0.29, 0.717) is 22.0 Å². The fraction of sp³-hybridized carbons (Fsp3) is 0.182. The second kappa shape index (κ2) is 8.85. The zero-order valence-corrected chi connectivity index (χ0v) is 17.4. The zero-order valence-electron chi connectivity index (χ0n) is 16.6. The summed E-state index contributed by atoms with van der Waals surface area (Å²) < 4.78 is 44.6. The van der Waals surface area contributed by atoms with Crippen molar-refractivity contribution in [1.29, 1.82) is 0 Å². The van der Waals surface area contributed by atoms with Crippen molar-refractivity contribution < 1.29 is 22.7 Å². The van der Waals surface area contributed by atoms with E-state index < -0.39 is 23.8 Å². The van der Waals surface area contributed by atoms with Crippen LogP contribution in [0.5, 0.6) is 5.75 Å². The van der Waals surface area contributed by atoms with E-state index in [2.05, 4.69) is 10.3 Å². The number of carbonyl (C=O) groups is 1. The SMILES string of the molecule is Cc1ccc([C@@H](C)Oc2cc(Cl)cnc2N)cc1NC(=O)c1cccc(C(F)(F)F)c1. The second-order valence-electron chi connectivity index (χ2n) is 6.90. The van der Waals surface area contributed by atoms with E-state index in [9.17, 15) is 18.0 Å². The van der Waals surface area contributed by atoms with E-state index in [1.165, 1.54) is 18.3 Å². The molecule has 3 rings (SSSR count). The second-order valence-corrected chi connectivity index (χ2v) is 7.34. The molecule has 0 aliphatic rings. The number of nitrogen functional groups attached to an aromatic ring is 1. The van der Waals surface area contributed by atoms with Crippen LogP contribution in [0.1, 0.15) is 40.1 Å². The Hall–Kier alpha value is -3.26. The first-order valence-corrected chi connectivity index (χ1v) is 9.59. The number of ether oxygens (including phenoxy) is 1. The zero-order chi connectivity index (χ0) is 22.8. The fourth-order valence-corrected chi connectivity index (χ4v) is 2.99. The molecule has 0 saturated heterocycles. The van der Waals surface area contributed by atoms with Gasteiger partial charge >= 0.3 is 6.18 Å². The predicted octanol–water partition coefficient (Wildman–Crippen LogP) is 6.04. The maximum absolute atomic E-state index is 12.9. The van der Waals surface area contributed by atoms with Crippen molar-refractivity contribution in [3.05, 3.63) is 82.0 Å². The molecule has 3 aromatic rings. The smallest absolute Gasteiger partial charge is 0.416 e. The number of carbonyl (C=O) groups excluding carboxylic acids is 1. The van der Waals surface area contributed by atoms with Gasteiger partial charge in [0.1, 0.15) is 6.10 Å². The molecule has 0 unspecified atom stereocenters. The predicted molar refractivity (Wildman–Crippen MR) is 113 cm³/mol. The van der Waals surface area contributed by atoms with Gasteiger partial charge in [0.15, 0.2) is 11.6 Å². The molecule has 0 saturated carbocycles. The van der Waals surface area contributed by atoms with E-state index in [-0.39, 0.29) is 11.4 Å². The van der Waals surface area contributed by atoms with E-state index in [4.69, 9.17) is 22.1 Å². The molecule has 0 fully saturated rings. The largest absolute Gasteiger partial charge is 0.482 e. The van der Waals surface area contributed by atoms with Crippen molar-refractivity contribution in [3.8, 4) is 5.75 Å². The molecule has 1 atom stereocenters. The number of anilines is 2. The average Bonchev–Trinajstić information content (AvgIpc) is 2.71. The van der Waals surface area contributed by atoms with Gasteiger partial charge in [0, 0.05) is 23.5 Å². The van der Waals surface area contributed by atoms with Crippen molar-refractivity contribution in [2.45, 2.75) is 26.1 Å². The van der Waals surface area contributed by atoms with Crippen LogP contribution in [0.25, 0.3) is 0 Å². The number of amides is 1. The van der Waals surface area contributed by atoms with Crippen LogP contribution >= 0.6 is 11.6 Å². The average molecular weight is 450 g/mol. The van der Waals surface area contributed by atoms with Crippen LogP contribution in [0.2, 0.25) is 5.02 Å². The summed E-state index contributed by atoms with van der Waals surface area (Å²) in [4.78, 5) is 16.5. The summed E-state index contributed by atoms with van der Waals surface area (Å²) in [5.74, 6) is -0.153. The van der Waals surface area contributed by atoms with Crippen molar-refractivity contribution in [2.24, 2.45) is 0 Å². The lowest BCUT2D eigenvalue weighted by Gasteiger charge is -2.18. The molecule has 31 heavy (non-hydrogen) atoms. The molecule has 0 aliphatic carbocycles. The monoisotopic (exact) mass is 449 g/mol. The first-order chi connectivity index (χ1) is 14.5. The van der Waals surface area contributed by atoms with Gasteiger partial charge in [-0.25, -0.2) is 4.98 Å². The number of aromatic nitrogens is 1. The van der Waals surface area contributed by atoms with Crippen LogP contribution < -0.4 is 15.8 Å². The van der Waals surface area contributed by atoms with Crippen molar-refractivity contribution >= 4 is 29.0 Å². The highest BCUT2D eigenvalue weighted by atomic mass is 35.5. The highest BCUT2D eigenvalue weighted by Crippen LogP contribution is 2.31. The van der Waals surface area contributed by atoms with Gasteiger partial charge in [-0.1, -0.05) is 29.8 Å². The molecule has 1 aromatic heterocycles. The minimum Gasteiger partial charge on any atom is -0.482 e. The Kier molecular flexibility index (Phi) is 6.40. The van der Waals surface area contributed by atoms with Crippen molar-refractivity contribution in [2.75, 3.05) is 11.1 Å². The Bertz CT molecular complexity index is 1120. The summed E-state index contributed by atoms with van der Waals surface area (Å²) in [6.45, 7) is 3.55. The van der Waals surface area contributed by atoms with Gasteiger partial charge in [0.05, 0.1) is 10.6 Å². The number of rotatable bonds is 5. The number of aryl methyl sites for hydroxylation is 1. The third-order valence-electron chi connectivity index (χ3n) is 4.58. The maximum atomic E-state index is 12.9. The molecule has 1 heterocycles. The molecule has 0 spiro atoms. The molecule has 0 bridgehead atoms. The Balaban J connectivity index is 1.81. The molecule has 5 nitrogen and oxygen atoms in total. The fourth-order valence-electron chi connectivity index (χ4n) is 2.84. The summed E-state index contributed by atoms with van der Waals surface area (Å²) in [6, 6.07) is 11.1. The Labute approximate surface area is 182 Å². The van der Waals surface area contributed by atoms with E-state index >= 15 is 0 Å². The molecule has 3 N–H and O–H groups in total. The third kappa shape index (κ3) is 5.46. The number of nitrogens with one attached hydrogen (secondary N) is 1. The van der Waals surface area contributed by atoms with Gasteiger partial charge in [-0.15, -0.1) is 0 Å². The lowest BCUT2D eigenvalue weighted by atomic mass is 10.1. The van der Waals surface area contributed by atoms with Gasteiger partial charge < -0.3 is 15.8 Å². The minimum absolute atomic E-state index is 0.0956. The number of pyridine rings is 1. The Morgan fingerprint density at radius 1 is 1.19 bits per heavy atom. The van der Waals surface area contributed by atoms with Crippen LogP contribution in [0, 0.1) is 6.92 Å². The Morgan fingerprint density at radius 2 is 1.94 bits per heavy atom. The quantitative estimate of drug-likeness (QED) is 0.498. The van der Waals surface area contributed by atoms with Gasteiger partial charge in [-0.05, 0) is 49.2 Å². The summed E-state index contributed by atoms with van der Waals surface area (Å²) in [5, 5.41) is 3.03. The number of hydrogen-bond donors (Lipinski definition) is 2. The van der Waals surface area contributed by atoms with Crippen molar-refractivity contribution in [3.63, 3.8) is 0 Å². The van der Waals surface area contributed by atoms with E-state index in [1.807, 2.05) is 6.07 Å². The molecular formula is C22H19ClF3N3O2. The lowest BCUT2D eigenvalue weighted by molar-refractivity contribution is -0.137. The first-order valence-electron chi connectivity index (χ1n) is 9.21. The standard InChI is InChI=1S/C22H19ClF3N3O2/c1-12-6-7-14(13(2)31-19-10-17(23)11-28-20(19)27)9-18(12)29-21(30)15-4-3-5-16(8-15)22(24,25)26/h3-11,13H,1-2H3,(H2,27,28)(H,29,30)/t13-/m1/s1. The number of hydrogen-bond acceptors (Lipinski definition) is 4. The molecule has 0 radical (unpaired) electrons. The first kappa shape index (κ1) is 22.4. The van der Waals surface area contributed by atoms with Gasteiger partial charge in [0.2, 0.25) is 0 Å². The van der Waals surface area contributed by atoms with Crippen LogP contribution in [0.3, 0.4) is 0 Å². The van der Waals surface area contributed by atoms with Gasteiger partial charge in [0.25, 0.3) is 5.91 Å². The molecule has 9 heteroatoms. The van der Waals surface area contributed by atoms with Crippen LogP contribution in [0.15, 0.2) is 54.7 Å². The van der Waals surface area contributed by atoms with E-state index in [0.717, 1.165) is 17.7 Å². The van der Waals surface area contributed by atoms with Crippen LogP contribution in [-0.2, 0) is 6.18 Å². The minimum atomic E-state index is -4.53. The Morgan fingerprint density at radius 3 is 2.65 bits per heavy atom. The molecule has 2 aromatic carbocycles. The topological polar surface area (TPSA) is 77.2 Å². The number of benzene rings is 2. The summed E-state index contributed by atoms with van der Waals surface area (Å²) in [6.07, 6.45) is -3.59.